The molecule has 4 rings (SSSR count). The lowest BCUT2D eigenvalue weighted by Crippen LogP contribution is -2.22. The number of hydrogen-bond donors (Lipinski definition) is 0. The number of epoxide rings is 1. The van der Waals surface area contributed by atoms with Gasteiger partial charge in [0, 0.05) is 20.3 Å². The van der Waals surface area contributed by atoms with Gasteiger partial charge in [-0.1, -0.05) is 12.1 Å². The molecule has 1 aliphatic rings. The fraction of sp³-hybridized carbons (Fsp3) is 0.263. The molecule has 0 amide bonds. The Balaban J connectivity index is 1.41. The molecule has 2 aromatic heterocycles. The van der Waals surface area contributed by atoms with Crippen LogP contribution in [0.5, 0.6) is 5.75 Å². The van der Waals surface area contributed by atoms with E-state index in [0.29, 0.717) is 19.0 Å². The second-order valence-corrected chi connectivity index (χ2v) is 8.70. The van der Waals surface area contributed by atoms with Gasteiger partial charge in [0.1, 0.15) is 12.4 Å². The molecule has 0 N–H and O–H groups in total. The van der Waals surface area contributed by atoms with E-state index in [2.05, 4.69) is 10.1 Å². The third-order valence-corrected chi connectivity index (χ3v) is 6.19. The zero-order valence-electron chi connectivity index (χ0n) is 15.5. The van der Waals surface area contributed by atoms with Gasteiger partial charge in [-0.2, -0.15) is 5.10 Å². The molecule has 1 aromatic carbocycles. The standard InChI is InChI=1S/C19H20N4O4S/c1-22(2)28(24,25)16-6-3-14(4-7-16)12-26-15-5-8-17(20-11-15)18-9-10-21-23(18)19-13-27-19/h3-11,19H,12-13H2,1-2H3. The van der Waals surface area contributed by atoms with Crippen molar-refractivity contribution in [2.45, 2.75) is 17.7 Å². The van der Waals surface area contributed by atoms with Gasteiger partial charge in [-0.3, -0.25) is 4.98 Å². The van der Waals surface area contributed by atoms with E-state index in [9.17, 15) is 8.42 Å². The highest BCUT2D eigenvalue weighted by atomic mass is 32.2. The van der Waals surface area contributed by atoms with E-state index in [1.54, 1.807) is 36.7 Å². The monoisotopic (exact) mass is 400 g/mol. The van der Waals surface area contributed by atoms with Gasteiger partial charge in [0.15, 0.2) is 6.23 Å². The summed E-state index contributed by atoms with van der Waals surface area (Å²) in [4.78, 5) is 4.70. The maximum absolute atomic E-state index is 12.1. The molecule has 1 atom stereocenters. The van der Waals surface area contributed by atoms with Crippen LogP contribution >= 0.6 is 0 Å². The smallest absolute Gasteiger partial charge is 0.242 e. The Bertz CT molecular complexity index is 1060. The normalized spacial score (nSPS) is 16.3. The first kappa shape index (κ1) is 18.6. The van der Waals surface area contributed by atoms with Gasteiger partial charge in [0.05, 0.1) is 29.1 Å². The third-order valence-electron chi connectivity index (χ3n) is 4.37. The minimum Gasteiger partial charge on any atom is -0.487 e. The van der Waals surface area contributed by atoms with Crippen molar-refractivity contribution in [3.8, 4) is 17.1 Å². The summed E-state index contributed by atoms with van der Waals surface area (Å²) in [5.41, 5.74) is 2.55. The van der Waals surface area contributed by atoms with Crippen LogP contribution in [0.1, 0.15) is 11.8 Å². The van der Waals surface area contributed by atoms with Crippen LogP contribution in [0.2, 0.25) is 0 Å². The molecule has 0 saturated carbocycles. The number of nitrogens with zero attached hydrogens (tertiary/aromatic N) is 4. The zero-order valence-corrected chi connectivity index (χ0v) is 16.3. The minimum atomic E-state index is -3.43. The highest BCUT2D eigenvalue weighted by Gasteiger charge is 2.28. The van der Waals surface area contributed by atoms with E-state index in [0.717, 1.165) is 17.0 Å². The highest BCUT2D eigenvalue weighted by molar-refractivity contribution is 7.89. The molecule has 3 aromatic rings. The Kier molecular flexibility index (Phi) is 4.88. The molecule has 1 aliphatic heterocycles. The molecule has 8 nitrogen and oxygen atoms in total. The fourth-order valence-corrected chi connectivity index (χ4v) is 3.58. The van der Waals surface area contributed by atoms with E-state index < -0.39 is 10.0 Å². The Morgan fingerprint density at radius 1 is 1.18 bits per heavy atom. The topological polar surface area (TPSA) is 89.9 Å². The molecule has 9 heteroatoms. The van der Waals surface area contributed by atoms with Crippen molar-refractivity contribution in [1.82, 2.24) is 19.1 Å². The average molecular weight is 400 g/mol. The Morgan fingerprint density at radius 3 is 2.54 bits per heavy atom. The molecular formula is C19H20N4O4S. The lowest BCUT2D eigenvalue weighted by atomic mass is 10.2. The number of hydrogen-bond acceptors (Lipinski definition) is 6. The molecule has 28 heavy (non-hydrogen) atoms. The largest absolute Gasteiger partial charge is 0.487 e. The summed E-state index contributed by atoms with van der Waals surface area (Å²) in [6, 6.07) is 12.3. The number of ether oxygens (including phenoxy) is 2. The lowest BCUT2D eigenvalue weighted by Gasteiger charge is -2.12. The van der Waals surface area contributed by atoms with Gasteiger partial charge in [-0.15, -0.1) is 0 Å². The molecule has 0 bridgehead atoms. The van der Waals surface area contributed by atoms with Crippen LogP contribution in [-0.4, -0.2) is 48.2 Å². The van der Waals surface area contributed by atoms with E-state index >= 15 is 0 Å². The molecule has 0 spiro atoms. The Hall–Kier alpha value is -2.75. The van der Waals surface area contributed by atoms with Crippen molar-refractivity contribution in [2.24, 2.45) is 0 Å². The van der Waals surface area contributed by atoms with Crippen LogP contribution in [0.15, 0.2) is 59.8 Å². The van der Waals surface area contributed by atoms with Gasteiger partial charge in [-0.05, 0) is 35.9 Å². The number of sulfonamides is 1. The summed E-state index contributed by atoms with van der Waals surface area (Å²) < 4.78 is 38.2. The minimum absolute atomic E-state index is 0.00186. The SMILES string of the molecule is CN(C)S(=O)(=O)c1ccc(COc2ccc(-c3ccnn3C3CO3)nc2)cc1. The summed E-state index contributed by atoms with van der Waals surface area (Å²) in [5.74, 6) is 0.627. The van der Waals surface area contributed by atoms with E-state index in [1.165, 1.54) is 18.4 Å². The van der Waals surface area contributed by atoms with Crippen LogP contribution in [0.4, 0.5) is 0 Å². The van der Waals surface area contributed by atoms with Crippen LogP contribution in [0.25, 0.3) is 11.4 Å². The molecule has 1 fully saturated rings. The number of benzene rings is 1. The summed E-state index contributed by atoms with van der Waals surface area (Å²) >= 11 is 0. The number of aromatic nitrogens is 3. The first-order chi connectivity index (χ1) is 13.4. The van der Waals surface area contributed by atoms with Crippen molar-refractivity contribution in [3.63, 3.8) is 0 Å². The molecule has 3 heterocycles. The Morgan fingerprint density at radius 2 is 1.93 bits per heavy atom. The van der Waals surface area contributed by atoms with Crippen molar-refractivity contribution in [1.29, 1.82) is 0 Å². The van der Waals surface area contributed by atoms with Crippen LogP contribution in [0.3, 0.4) is 0 Å². The first-order valence-corrected chi connectivity index (χ1v) is 10.1. The summed E-state index contributed by atoms with van der Waals surface area (Å²) in [7, 11) is -0.411. The van der Waals surface area contributed by atoms with Crippen molar-refractivity contribution >= 4 is 10.0 Å². The Labute approximate surface area is 163 Å². The predicted octanol–water partition coefficient (Wildman–Crippen LogP) is 2.30. The average Bonchev–Trinajstić information content (AvgIpc) is 3.43. The predicted molar refractivity (Wildman–Crippen MR) is 102 cm³/mol. The lowest BCUT2D eigenvalue weighted by molar-refractivity contribution is 0.305. The van der Waals surface area contributed by atoms with E-state index in [-0.39, 0.29) is 11.1 Å². The molecule has 0 aliphatic carbocycles. The van der Waals surface area contributed by atoms with Gasteiger partial charge < -0.3 is 9.47 Å². The van der Waals surface area contributed by atoms with Crippen molar-refractivity contribution in [3.05, 3.63) is 60.4 Å². The first-order valence-electron chi connectivity index (χ1n) is 8.71. The second-order valence-electron chi connectivity index (χ2n) is 6.55. The third kappa shape index (κ3) is 3.77. The number of rotatable bonds is 7. The van der Waals surface area contributed by atoms with Crippen LogP contribution in [-0.2, 0) is 21.4 Å². The van der Waals surface area contributed by atoms with E-state index in [4.69, 9.17) is 9.47 Å². The molecule has 1 saturated heterocycles. The molecule has 1 unspecified atom stereocenters. The number of pyridine rings is 1. The van der Waals surface area contributed by atoms with Gasteiger partial charge in [-0.25, -0.2) is 17.4 Å². The van der Waals surface area contributed by atoms with Crippen molar-refractivity contribution in [2.75, 3.05) is 20.7 Å². The summed E-state index contributed by atoms with van der Waals surface area (Å²) in [5, 5.41) is 4.26. The summed E-state index contributed by atoms with van der Waals surface area (Å²) in [6.45, 7) is 0.988. The molecule has 0 radical (unpaired) electrons. The maximum atomic E-state index is 12.1. The fourth-order valence-electron chi connectivity index (χ4n) is 2.68. The maximum Gasteiger partial charge on any atom is 0.242 e. The van der Waals surface area contributed by atoms with E-state index in [1.807, 2.05) is 22.9 Å². The molecular weight excluding hydrogens is 380 g/mol. The van der Waals surface area contributed by atoms with Gasteiger partial charge in [0.25, 0.3) is 0 Å². The second kappa shape index (κ2) is 7.34. The van der Waals surface area contributed by atoms with Gasteiger partial charge in [0.2, 0.25) is 10.0 Å². The quantitative estimate of drug-likeness (QED) is 0.566. The summed E-state index contributed by atoms with van der Waals surface area (Å²) in [6.07, 6.45) is 3.39. The molecule has 146 valence electrons. The van der Waals surface area contributed by atoms with Crippen molar-refractivity contribution < 1.29 is 17.9 Å². The highest BCUT2D eigenvalue weighted by Crippen LogP contribution is 2.29. The van der Waals surface area contributed by atoms with Crippen LogP contribution in [0, 0.1) is 0 Å². The zero-order chi connectivity index (χ0) is 19.7. The van der Waals surface area contributed by atoms with Crippen LogP contribution < -0.4 is 4.74 Å². The van der Waals surface area contributed by atoms with Gasteiger partial charge >= 0.3 is 0 Å².